The Morgan fingerprint density at radius 1 is 1.23 bits per heavy atom. The Morgan fingerprint density at radius 3 is 2.65 bits per heavy atom. The second-order valence-corrected chi connectivity index (χ2v) is 7.56. The first-order valence-corrected chi connectivity index (χ1v) is 9.42. The summed E-state index contributed by atoms with van der Waals surface area (Å²) in [5, 5.41) is 19.1. The zero-order chi connectivity index (χ0) is 22.6. The van der Waals surface area contributed by atoms with Gasteiger partial charge in [0.05, 0.1) is 17.7 Å². The molecule has 1 amide bonds. The van der Waals surface area contributed by atoms with Crippen LogP contribution in [-0.2, 0) is 10.4 Å². The predicted octanol–water partition coefficient (Wildman–Crippen LogP) is 4.16. The van der Waals surface area contributed by atoms with Crippen LogP contribution in [0.5, 0.6) is 0 Å². The van der Waals surface area contributed by atoms with E-state index in [4.69, 9.17) is 0 Å². The van der Waals surface area contributed by atoms with Gasteiger partial charge in [0.2, 0.25) is 11.9 Å². The van der Waals surface area contributed by atoms with Crippen LogP contribution in [0.15, 0.2) is 36.4 Å². The third kappa shape index (κ3) is 3.46. The highest BCUT2D eigenvalue weighted by Gasteiger charge is 2.60. The van der Waals surface area contributed by atoms with Gasteiger partial charge in [0.1, 0.15) is 0 Å². The van der Waals surface area contributed by atoms with E-state index in [-0.39, 0.29) is 11.5 Å². The quantitative estimate of drug-likeness (QED) is 0.427. The van der Waals surface area contributed by atoms with Gasteiger partial charge in [-0.15, -0.1) is 0 Å². The largest absolute Gasteiger partial charge is 0.422 e. The first-order chi connectivity index (χ1) is 14.5. The summed E-state index contributed by atoms with van der Waals surface area (Å²) in [6, 6.07) is 9.81. The number of aliphatic hydroxyl groups is 1. The third-order valence-corrected chi connectivity index (χ3v) is 5.53. The minimum Gasteiger partial charge on any atom is -0.376 e. The summed E-state index contributed by atoms with van der Waals surface area (Å²) in [7, 11) is 0. The van der Waals surface area contributed by atoms with Gasteiger partial charge in [-0.3, -0.25) is 9.89 Å². The van der Waals surface area contributed by atoms with Crippen LogP contribution in [0.25, 0.3) is 11.1 Å². The van der Waals surface area contributed by atoms with Gasteiger partial charge in [0.25, 0.3) is 0 Å². The number of aryl methyl sites for hydroxylation is 1. The molecule has 1 aliphatic heterocycles. The molecule has 1 aromatic carbocycles. The number of rotatable bonds is 3. The fourth-order valence-electron chi connectivity index (χ4n) is 3.89. The zero-order valence-corrected chi connectivity index (χ0v) is 16.5. The number of alkyl halides is 3. The van der Waals surface area contributed by atoms with Crippen LogP contribution in [0.4, 0.5) is 23.4 Å². The SMILES string of the molecule is Cc1nc(F)ccc1-c1cccc(C(C)c2[nH]nc3c2C(O)(C(F)(F)F)CC(=O)N3)c1. The van der Waals surface area contributed by atoms with E-state index in [2.05, 4.69) is 20.5 Å². The fraction of sp³-hybridized carbons (Fsp3) is 0.286. The summed E-state index contributed by atoms with van der Waals surface area (Å²) in [6.07, 6.45) is -6.22. The van der Waals surface area contributed by atoms with Crippen molar-refractivity contribution in [3.63, 3.8) is 0 Å². The lowest BCUT2D eigenvalue weighted by atomic mass is 9.82. The zero-order valence-electron chi connectivity index (χ0n) is 16.5. The second kappa shape index (κ2) is 7.16. The number of benzene rings is 1. The molecule has 0 aliphatic carbocycles. The number of aromatic amines is 1. The Kier molecular flexibility index (Phi) is 4.84. The molecule has 1 aliphatic rings. The van der Waals surface area contributed by atoms with Crippen molar-refractivity contribution in [3.8, 4) is 11.1 Å². The topological polar surface area (TPSA) is 90.9 Å². The number of aromatic nitrogens is 3. The molecule has 0 radical (unpaired) electrons. The average molecular weight is 434 g/mol. The summed E-state index contributed by atoms with van der Waals surface area (Å²) >= 11 is 0. The summed E-state index contributed by atoms with van der Waals surface area (Å²) in [5.41, 5.74) is -1.30. The van der Waals surface area contributed by atoms with Gasteiger partial charge >= 0.3 is 6.18 Å². The van der Waals surface area contributed by atoms with E-state index in [0.717, 1.165) is 0 Å². The number of hydrogen-bond acceptors (Lipinski definition) is 4. The number of H-pyrrole nitrogens is 1. The monoisotopic (exact) mass is 434 g/mol. The van der Waals surface area contributed by atoms with E-state index < -0.39 is 41.5 Å². The molecule has 2 atom stereocenters. The molecule has 0 bridgehead atoms. The molecule has 2 unspecified atom stereocenters. The Hall–Kier alpha value is -3.27. The van der Waals surface area contributed by atoms with Crippen molar-refractivity contribution in [3.05, 3.63) is 64.9 Å². The first-order valence-electron chi connectivity index (χ1n) is 9.42. The van der Waals surface area contributed by atoms with Crippen LogP contribution < -0.4 is 5.32 Å². The maximum absolute atomic E-state index is 13.8. The number of carbonyl (C=O) groups excluding carboxylic acids is 1. The van der Waals surface area contributed by atoms with Crippen molar-refractivity contribution in [1.29, 1.82) is 0 Å². The van der Waals surface area contributed by atoms with Crippen LogP contribution in [0.2, 0.25) is 0 Å². The van der Waals surface area contributed by atoms with Gasteiger partial charge in [-0.05, 0) is 30.2 Å². The van der Waals surface area contributed by atoms with Crippen molar-refractivity contribution in [2.75, 3.05) is 5.32 Å². The molecule has 10 heteroatoms. The van der Waals surface area contributed by atoms with Gasteiger partial charge in [-0.25, -0.2) is 4.98 Å². The highest BCUT2D eigenvalue weighted by atomic mass is 19.4. The van der Waals surface area contributed by atoms with Crippen molar-refractivity contribution in [2.24, 2.45) is 0 Å². The van der Waals surface area contributed by atoms with E-state index in [1.807, 2.05) is 0 Å². The van der Waals surface area contributed by atoms with Crippen LogP contribution in [-0.4, -0.2) is 32.4 Å². The third-order valence-electron chi connectivity index (χ3n) is 5.53. The van der Waals surface area contributed by atoms with Gasteiger partial charge in [0.15, 0.2) is 11.4 Å². The minimum atomic E-state index is -5.07. The molecule has 31 heavy (non-hydrogen) atoms. The van der Waals surface area contributed by atoms with Crippen LogP contribution in [0, 0.1) is 12.9 Å². The van der Waals surface area contributed by atoms with E-state index in [1.165, 1.54) is 6.07 Å². The standard InChI is InChI=1S/C21H18F4N4O2/c1-10(12-4-3-5-13(8-12)14-6-7-15(22)26-11(14)2)18-17-19(29-28-18)27-16(30)9-20(17,31)21(23,24)25/h3-8,10,31H,9H2,1-2H3,(H2,27,28,29,30). The number of hydrogen-bond donors (Lipinski definition) is 3. The van der Waals surface area contributed by atoms with Gasteiger partial charge in [0, 0.05) is 17.2 Å². The number of amides is 1. The van der Waals surface area contributed by atoms with E-state index in [9.17, 15) is 27.5 Å². The smallest absolute Gasteiger partial charge is 0.376 e. The summed E-state index contributed by atoms with van der Waals surface area (Å²) in [4.78, 5) is 15.5. The molecule has 0 saturated carbocycles. The second-order valence-electron chi connectivity index (χ2n) is 7.56. The Morgan fingerprint density at radius 2 is 1.97 bits per heavy atom. The molecule has 3 heterocycles. The van der Waals surface area contributed by atoms with Crippen molar-refractivity contribution in [1.82, 2.24) is 15.2 Å². The van der Waals surface area contributed by atoms with E-state index >= 15 is 0 Å². The Balaban J connectivity index is 1.79. The lowest BCUT2D eigenvalue weighted by molar-refractivity contribution is -0.267. The van der Waals surface area contributed by atoms with Gasteiger partial charge in [-0.2, -0.15) is 22.7 Å². The maximum Gasteiger partial charge on any atom is 0.422 e. The van der Waals surface area contributed by atoms with E-state index in [0.29, 0.717) is 22.4 Å². The number of pyridine rings is 1. The van der Waals surface area contributed by atoms with Gasteiger partial charge < -0.3 is 10.4 Å². The molecule has 0 spiro atoms. The van der Waals surface area contributed by atoms with E-state index in [1.54, 1.807) is 44.2 Å². The number of anilines is 1. The summed E-state index contributed by atoms with van der Waals surface area (Å²) in [5.74, 6) is -2.55. The molecule has 3 N–H and O–H groups in total. The summed E-state index contributed by atoms with van der Waals surface area (Å²) < 4.78 is 54.6. The number of halogens is 4. The minimum absolute atomic E-state index is 0.0425. The normalized spacial score (nSPS) is 19.6. The number of carbonyl (C=O) groups is 1. The molecule has 3 aromatic rings. The van der Waals surface area contributed by atoms with Crippen molar-refractivity contribution >= 4 is 11.7 Å². The molecular formula is C21H18F4N4O2. The highest BCUT2D eigenvalue weighted by molar-refractivity contribution is 5.94. The lowest BCUT2D eigenvalue weighted by Gasteiger charge is -2.34. The number of fused-ring (bicyclic) bond motifs is 1. The number of nitrogens with one attached hydrogen (secondary N) is 2. The number of nitrogens with zero attached hydrogens (tertiary/aromatic N) is 2. The van der Waals surface area contributed by atoms with Crippen LogP contribution >= 0.6 is 0 Å². The lowest BCUT2D eigenvalue weighted by Crippen LogP contribution is -2.48. The van der Waals surface area contributed by atoms with Crippen molar-refractivity contribution in [2.45, 2.75) is 38.0 Å². The van der Waals surface area contributed by atoms with Crippen LogP contribution in [0.1, 0.15) is 41.8 Å². The molecular weight excluding hydrogens is 416 g/mol. The molecule has 6 nitrogen and oxygen atoms in total. The first kappa shape index (κ1) is 21.0. The Labute approximate surface area is 174 Å². The maximum atomic E-state index is 13.8. The van der Waals surface area contributed by atoms with Crippen molar-refractivity contribution < 1.29 is 27.5 Å². The van der Waals surface area contributed by atoms with Crippen LogP contribution in [0.3, 0.4) is 0 Å². The average Bonchev–Trinajstić information content (AvgIpc) is 3.11. The molecule has 0 fully saturated rings. The molecule has 4 rings (SSSR count). The highest BCUT2D eigenvalue weighted by Crippen LogP contribution is 2.49. The predicted molar refractivity (Wildman–Crippen MR) is 104 cm³/mol. The molecule has 0 saturated heterocycles. The summed E-state index contributed by atoms with van der Waals surface area (Å²) in [6.45, 7) is 3.32. The molecule has 162 valence electrons. The Bertz CT molecular complexity index is 1170. The van der Waals surface area contributed by atoms with Gasteiger partial charge in [-0.1, -0.05) is 31.2 Å². The fourth-order valence-corrected chi connectivity index (χ4v) is 3.89. The molecule has 2 aromatic heterocycles.